The summed E-state index contributed by atoms with van der Waals surface area (Å²) in [6.07, 6.45) is 1.65. The van der Waals surface area contributed by atoms with Crippen molar-refractivity contribution in [2.75, 3.05) is 20.3 Å². The van der Waals surface area contributed by atoms with E-state index in [9.17, 15) is 13.2 Å². The zero-order chi connectivity index (χ0) is 13.9. The number of hydrogen-bond acceptors (Lipinski definition) is 7. The predicted octanol–water partition coefficient (Wildman–Crippen LogP) is 0.387. The summed E-state index contributed by atoms with van der Waals surface area (Å²) in [5, 5.41) is 0. The van der Waals surface area contributed by atoms with E-state index < -0.39 is 16.0 Å². The molecule has 1 N–H and O–H groups in total. The highest BCUT2D eigenvalue weighted by atomic mass is 32.2. The number of esters is 1. The highest BCUT2D eigenvalue weighted by Gasteiger charge is 2.27. The van der Waals surface area contributed by atoms with Crippen molar-refractivity contribution in [1.82, 2.24) is 9.71 Å². The first-order valence-corrected chi connectivity index (χ1v) is 8.04. The molecule has 0 amide bonds. The van der Waals surface area contributed by atoms with Crippen molar-refractivity contribution in [2.45, 2.75) is 23.2 Å². The molecule has 0 bridgehead atoms. The van der Waals surface area contributed by atoms with Crippen LogP contribution in [0.25, 0.3) is 0 Å². The Morgan fingerprint density at radius 1 is 1.68 bits per heavy atom. The van der Waals surface area contributed by atoms with Gasteiger partial charge in [0.2, 0.25) is 0 Å². The number of nitrogens with one attached hydrogen (secondary N) is 1. The van der Waals surface area contributed by atoms with Crippen LogP contribution in [-0.2, 0) is 19.5 Å². The molecule has 7 nitrogen and oxygen atoms in total. The Bertz CT molecular complexity index is 548. The third kappa shape index (κ3) is 3.30. The highest BCUT2D eigenvalue weighted by molar-refractivity contribution is 7.91. The number of thiazole rings is 1. The molecular weight excluding hydrogens is 292 g/mol. The normalized spacial score (nSPS) is 19.5. The van der Waals surface area contributed by atoms with Gasteiger partial charge < -0.3 is 9.47 Å². The maximum absolute atomic E-state index is 12.1. The number of hydrogen-bond donors (Lipinski definition) is 1. The van der Waals surface area contributed by atoms with E-state index >= 15 is 0 Å². The molecule has 1 aliphatic heterocycles. The predicted molar refractivity (Wildman–Crippen MR) is 67.6 cm³/mol. The van der Waals surface area contributed by atoms with Gasteiger partial charge in [-0.15, -0.1) is 11.3 Å². The van der Waals surface area contributed by atoms with Gasteiger partial charge in [-0.05, 0) is 12.8 Å². The molecule has 1 aliphatic rings. The van der Waals surface area contributed by atoms with E-state index in [1.165, 1.54) is 12.6 Å². The van der Waals surface area contributed by atoms with Crippen LogP contribution in [-0.4, -0.2) is 45.7 Å². The van der Waals surface area contributed by atoms with Gasteiger partial charge in [-0.1, -0.05) is 0 Å². The second kappa shape index (κ2) is 5.95. The minimum Gasteiger partial charge on any atom is -0.464 e. The topological polar surface area (TPSA) is 94.6 Å². The number of nitrogens with zero attached hydrogens (tertiary/aromatic N) is 1. The minimum absolute atomic E-state index is 0.107. The molecule has 1 aromatic heterocycles. The van der Waals surface area contributed by atoms with Crippen molar-refractivity contribution in [3.05, 3.63) is 11.2 Å². The highest BCUT2D eigenvalue weighted by Crippen LogP contribution is 2.21. The molecule has 1 fully saturated rings. The van der Waals surface area contributed by atoms with Gasteiger partial charge >= 0.3 is 5.97 Å². The van der Waals surface area contributed by atoms with Crippen LogP contribution in [0.15, 0.2) is 9.72 Å². The molecule has 2 heterocycles. The number of methoxy groups -OCH3 is 1. The molecule has 0 aliphatic carbocycles. The molecular formula is C10H14N2O5S2. The largest absolute Gasteiger partial charge is 0.464 e. The lowest BCUT2D eigenvalue weighted by Gasteiger charge is -2.10. The van der Waals surface area contributed by atoms with Crippen molar-refractivity contribution in [3.63, 3.8) is 0 Å². The SMILES string of the molecule is COC(=O)c1ncsc1S(=O)(=O)NCC1CCCO1. The Morgan fingerprint density at radius 2 is 2.47 bits per heavy atom. The van der Waals surface area contributed by atoms with Crippen LogP contribution in [0.2, 0.25) is 0 Å². The molecule has 1 atom stereocenters. The van der Waals surface area contributed by atoms with Gasteiger partial charge in [-0.2, -0.15) is 0 Å². The molecule has 0 spiro atoms. The van der Waals surface area contributed by atoms with Gasteiger partial charge in [0.15, 0.2) is 9.90 Å². The molecule has 0 saturated carbocycles. The molecule has 2 rings (SSSR count). The first-order chi connectivity index (χ1) is 9.04. The molecule has 1 saturated heterocycles. The van der Waals surface area contributed by atoms with Crippen molar-refractivity contribution < 1.29 is 22.7 Å². The molecule has 0 aromatic carbocycles. The first kappa shape index (κ1) is 14.4. The smallest absolute Gasteiger partial charge is 0.358 e. The quantitative estimate of drug-likeness (QED) is 0.791. The van der Waals surface area contributed by atoms with E-state index in [1.807, 2.05) is 0 Å². The van der Waals surface area contributed by atoms with Crippen LogP contribution in [0.4, 0.5) is 0 Å². The zero-order valence-corrected chi connectivity index (χ0v) is 11.9. The van der Waals surface area contributed by atoms with E-state index in [0.29, 0.717) is 6.61 Å². The lowest BCUT2D eigenvalue weighted by molar-refractivity contribution is 0.0590. The fraction of sp³-hybridized carbons (Fsp3) is 0.600. The van der Waals surface area contributed by atoms with Gasteiger partial charge in [0, 0.05) is 13.2 Å². The Hall–Kier alpha value is -1.03. The average Bonchev–Trinajstić information content (AvgIpc) is 3.06. The van der Waals surface area contributed by atoms with Gasteiger partial charge in [-0.25, -0.2) is 22.9 Å². The lowest BCUT2D eigenvalue weighted by atomic mass is 10.2. The Balaban J connectivity index is 2.10. The molecule has 19 heavy (non-hydrogen) atoms. The van der Waals surface area contributed by atoms with Crippen molar-refractivity contribution in [3.8, 4) is 0 Å². The number of carbonyl (C=O) groups excluding carboxylic acids is 1. The van der Waals surface area contributed by atoms with Gasteiger partial charge in [-0.3, -0.25) is 0 Å². The molecule has 1 unspecified atom stereocenters. The summed E-state index contributed by atoms with van der Waals surface area (Å²) < 4.78 is 36.3. The van der Waals surface area contributed by atoms with Crippen LogP contribution < -0.4 is 4.72 Å². The van der Waals surface area contributed by atoms with Crippen LogP contribution in [0, 0.1) is 0 Å². The third-order valence-electron chi connectivity index (χ3n) is 2.68. The van der Waals surface area contributed by atoms with Crippen molar-refractivity contribution >= 4 is 27.3 Å². The van der Waals surface area contributed by atoms with E-state index in [4.69, 9.17) is 4.74 Å². The van der Waals surface area contributed by atoms with Gasteiger partial charge in [0.05, 0.1) is 18.7 Å². The van der Waals surface area contributed by atoms with Crippen LogP contribution in [0.1, 0.15) is 23.3 Å². The molecule has 9 heteroatoms. The maximum Gasteiger partial charge on any atom is 0.358 e. The Kier molecular flexibility index (Phi) is 4.50. The summed E-state index contributed by atoms with van der Waals surface area (Å²) in [6, 6.07) is 0. The fourth-order valence-corrected chi connectivity index (χ4v) is 3.97. The average molecular weight is 306 g/mol. The third-order valence-corrected chi connectivity index (χ3v) is 5.48. The van der Waals surface area contributed by atoms with Gasteiger partial charge in [0.1, 0.15) is 0 Å². The number of carbonyl (C=O) groups is 1. The lowest BCUT2D eigenvalue weighted by Crippen LogP contribution is -2.32. The Morgan fingerprint density at radius 3 is 3.11 bits per heavy atom. The standard InChI is InChI=1S/C10H14N2O5S2/c1-16-9(13)8-10(18-6-11-8)19(14,15)12-5-7-3-2-4-17-7/h6-7,12H,2-5H2,1H3. The van der Waals surface area contributed by atoms with Gasteiger partial charge in [0.25, 0.3) is 10.0 Å². The number of ether oxygens (including phenoxy) is 2. The van der Waals surface area contributed by atoms with Crippen LogP contribution >= 0.6 is 11.3 Å². The van der Waals surface area contributed by atoms with E-state index in [2.05, 4.69) is 14.4 Å². The zero-order valence-electron chi connectivity index (χ0n) is 10.3. The van der Waals surface area contributed by atoms with E-state index in [1.54, 1.807) is 0 Å². The summed E-state index contributed by atoms with van der Waals surface area (Å²) >= 11 is 0.879. The number of sulfonamides is 1. The Labute approximate surface area is 115 Å². The fourth-order valence-electron chi connectivity index (χ4n) is 1.73. The first-order valence-electron chi connectivity index (χ1n) is 5.67. The summed E-state index contributed by atoms with van der Waals surface area (Å²) in [7, 11) is -2.59. The van der Waals surface area contributed by atoms with Crippen LogP contribution in [0.3, 0.4) is 0 Å². The summed E-state index contributed by atoms with van der Waals surface area (Å²) in [5.41, 5.74) is 1.11. The summed E-state index contributed by atoms with van der Waals surface area (Å²) in [5.74, 6) is -0.765. The molecule has 0 radical (unpaired) electrons. The molecule has 106 valence electrons. The second-order valence-corrected chi connectivity index (χ2v) is 6.78. The van der Waals surface area contributed by atoms with Crippen molar-refractivity contribution in [1.29, 1.82) is 0 Å². The summed E-state index contributed by atoms with van der Waals surface area (Å²) in [6.45, 7) is 0.848. The second-order valence-electron chi connectivity index (χ2n) is 3.97. The summed E-state index contributed by atoms with van der Waals surface area (Å²) in [4.78, 5) is 15.1. The maximum atomic E-state index is 12.1. The van der Waals surface area contributed by atoms with E-state index in [-0.39, 0.29) is 22.6 Å². The number of rotatable bonds is 5. The van der Waals surface area contributed by atoms with Crippen molar-refractivity contribution in [2.24, 2.45) is 0 Å². The number of aromatic nitrogens is 1. The molecule has 1 aromatic rings. The monoisotopic (exact) mass is 306 g/mol. The minimum atomic E-state index is -3.76. The van der Waals surface area contributed by atoms with E-state index in [0.717, 1.165) is 24.2 Å². The van der Waals surface area contributed by atoms with Crippen LogP contribution in [0.5, 0.6) is 0 Å².